The summed E-state index contributed by atoms with van der Waals surface area (Å²) in [5.74, 6) is 1.18. The number of carbonyl (C=O) groups excluding carboxylic acids is 1. The normalized spacial score (nSPS) is 14.0. The van der Waals surface area contributed by atoms with Crippen LogP contribution in [0.3, 0.4) is 0 Å². The topological polar surface area (TPSA) is 93.0 Å². The van der Waals surface area contributed by atoms with Crippen LogP contribution in [0.5, 0.6) is 5.75 Å². The van der Waals surface area contributed by atoms with E-state index in [1.54, 1.807) is 32.8 Å². The molecule has 7 heteroatoms. The Hall–Kier alpha value is -1.73. The van der Waals surface area contributed by atoms with Crippen molar-refractivity contribution in [2.45, 2.75) is 24.0 Å². The minimum absolute atomic E-state index is 0.347. The van der Waals surface area contributed by atoms with Crippen LogP contribution in [0, 0.1) is 0 Å². The number of thioether (sulfide) groups is 1. The van der Waals surface area contributed by atoms with Crippen LogP contribution in [0.15, 0.2) is 23.4 Å². The van der Waals surface area contributed by atoms with Crippen LogP contribution in [-0.2, 0) is 4.79 Å². The van der Waals surface area contributed by atoms with Gasteiger partial charge in [0.25, 0.3) is 0 Å². The fourth-order valence-corrected chi connectivity index (χ4v) is 2.93. The maximum atomic E-state index is 11.4. The van der Waals surface area contributed by atoms with Gasteiger partial charge >= 0.3 is 0 Å². The summed E-state index contributed by atoms with van der Waals surface area (Å²) >= 11 is 1.56. The maximum absolute atomic E-state index is 11.4. The van der Waals surface area contributed by atoms with Crippen molar-refractivity contribution < 1.29 is 9.53 Å². The van der Waals surface area contributed by atoms with Crippen LogP contribution in [0.1, 0.15) is 13.3 Å². The Morgan fingerprint density at radius 1 is 1.57 bits per heavy atom. The van der Waals surface area contributed by atoms with Crippen LogP contribution in [-0.4, -0.2) is 41.3 Å². The summed E-state index contributed by atoms with van der Waals surface area (Å²) in [5.41, 5.74) is 6.54. The number of carbonyl (C=O) groups is 1. The van der Waals surface area contributed by atoms with Crippen LogP contribution in [0.25, 0.3) is 11.0 Å². The van der Waals surface area contributed by atoms with Gasteiger partial charge in [0.1, 0.15) is 5.75 Å². The minimum Gasteiger partial charge on any atom is -0.497 e. The zero-order valence-electron chi connectivity index (χ0n) is 12.4. The Bertz CT molecular complexity index is 643. The number of aromatic amines is 1. The van der Waals surface area contributed by atoms with E-state index in [2.05, 4.69) is 15.3 Å². The Balaban J connectivity index is 2.02. The lowest BCUT2D eigenvalue weighted by molar-refractivity contribution is -0.123. The summed E-state index contributed by atoms with van der Waals surface area (Å²) < 4.78 is 5.18. The van der Waals surface area contributed by atoms with E-state index in [-0.39, 0.29) is 5.91 Å². The number of nitrogens with one attached hydrogen (secondary N) is 2. The molecule has 0 aliphatic heterocycles. The van der Waals surface area contributed by atoms with Crippen LogP contribution >= 0.6 is 11.8 Å². The molecule has 21 heavy (non-hydrogen) atoms. The average Bonchev–Trinajstić information content (AvgIpc) is 2.88. The number of nitrogens with zero attached hydrogens (tertiary/aromatic N) is 1. The van der Waals surface area contributed by atoms with Gasteiger partial charge in [0.15, 0.2) is 5.16 Å². The SMILES string of the molecule is CNC(C)(CCSc1nc2ccc(OC)cc2[nH]1)C(N)=O. The predicted molar refractivity (Wildman–Crippen MR) is 84.6 cm³/mol. The first-order valence-corrected chi connectivity index (χ1v) is 7.62. The molecule has 6 nitrogen and oxygen atoms in total. The molecule has 114 valence electrons. The first-order chi connectivity index (χ1) is 9.98. The number of rotatable bonds is 7. The molecule has 1 heterocycles. The second-order valence-corrected chi connectivity index (χ2v) is 6.05. The molecule has 2 aromatic rings. The fraction of sp³-hybridized carbons (Fsp3) is 0.429. The molecule has 2 rings (SSSR count). The molecular formula is C14H20N4O2S. The first-order valence-electron chi connectivity index (χ1n) is 6.64. The van der Waals surface area contributed by atoms with Gasteiger partial charge in [-0.15, -0.1) is 0 Å². The second kappa shape index (κ2) is 6.36. The lowest BCUT2D eigenvalue weighted by Gasteiger charge is -2.24. The first kappa shape index (κ1) is 15.7. The van der Waals surface area contributed by atoms with Crippen LogP contribution in [0.2, 0.25) is 0 Å². The van der Waals surface area contributed by atoms with E-state index < -0.39 is 5.54 Å². The number of fused-ring (bicyclic) bond motifs is 1. The summed E-state index contributed by atoms with van der Waals surface area (Å²) in [6, 6.07) is 5.70. The van der Waals surface area contributed by atoms with Crippen molar-refractivity contribution >= 4 is 28.7 Å². The highest BCUT2D eigenvalue weighted by molar-refractivity contribution is 7.99. The third kappa shape index (κ3) is 3.48. The molecule has 1 aromatic carbocycles. The Kier molecular flexibility index (Phi) is 4.74. The quantitative estimate of drug-likeness (QED) is 0.674. The molecule has 0 aliphatic carbocycles. The molecule has 0 bridgehead atoms. The number of methoxy groups -OCH3 is 1. The minimum atomic E-state index is -0.692. The molecule has 0 aliphatic rings. The van der Waals surface area contributed by atoms with E-state index >= 15 is 0 Å². The fourth-order valence-electron chi connectivity index (χ4n) is 1.88. The number of hydrogen-bond donors (Lipinski definition) is 3. The summed E-state index contributed by atoms with van der Waals surface area (Å²) in [6.45, 7) is 1.80. The number of aromatic nitrogens is 2. The summed E-state index contributed by atoms with van der Waals surface area (Å²) in [4.78, 5) is 19.2. The molecule has 0 fully saturated rings. The van der Waals surface area contributed by atoms with E-state index in [0.717, 1.165) is 27.7 Å². The van der Waals surface area contributed by atoms with Crippen molar-refractivity contribution in [3.8, 4) is 5.75 Å². The Morgan fingerprint density at radius 3 is 2.95 bits per heavy atom. The van der Waals surface area contributed by atoms with Gasteiger partial charge in [-0.2, -0.15) is 0 Å². The van der Waals surface area contributed by atoms with E-state index in [1.165, 1.54) is 0 Å². The summed E-state index contributed by atoms with van der Waals surface area (Å²) in [7, 11) is 3.37. The molecule has 0 spiro atoms. The standard InChI is InChI=1S/C14H20N4O2S/c1-14(16-2,12(15)19)6-7-21-13-17-10-5-4-9(20-3)8-11(10)18-13/h4-5,8,16H,6-7H2,1-3H3,(H2,15,19)(H,17,18). The molecule has 1 aromatic heterocycles. The van der Waals surface area contributed by atoms with E-state index in [9.17, 15) is 4.79 Å². The van der Waals surface area contributed by atoms with E-state index in [1.807, 2.05) is 18.2 Å². The van der Waals surface area contributed by atoms with Crippen LogP contribution < -0.4 is 15.8 Å². The number of imidazole rings is 1. The third-order valence-corrected chi connectivity index (χ3v) is 4.48. The molecule has 0 saturated carbocycles. The lowest BCUT2D eigenvalue weighted by Crippen LogP contribution is -2.51. The van der Waals surface area contributed by atoms with Crippen molar-refractivity contribution in [3.63, 3.8) is 0 Å². The number of H-pyrrole nitrogens is 1. The van der Waals surface area contributed by atoms with Gasteiger partial charge in [-0.05, 0) is 32.5 Å². The molecule has 0 saturated heterocycles. The van der Waals surface area contributed by atoms with Gasteiger partial charge in [-0.1, -0.05) is 11.8 Å². The largest absolute Gasteiger partial charge is 0.497 e. The lowest BCUT2D eigenvalue weighted by atomic mass is 9.99. The second-order valence-electron chi connectivity index (χ2n) is 4.97. The molecular weight excluding hydrogens is 288 g/mol. The van der Waals surface area contributed by atoms with Gasteiger partial charge in [0.2, 0.25) is 5.91 Å². The molecule has 1 unspecified atom stereocenters. The molecule has 1 atom stereocenters. The van der Waals surface area contributed by atoms with Gasteiger partial charge < -0.3 is 20.8 Å². The number of amides is 1. The van der Waals surface area contributed by atoms with Gasteiger partial charge in [0, 0.05) is 11.8 Å². The zero-order valence-corrected chi connectivity index (χ0v) is 13.2. The number of likely N-dealkylation sites (N-methyl/N-ethyl adjacent to an activating group) is 1. The Labute approximate surface area is 127 Å². The number of nitrogens with two attached hydrogens (primary N) is 1. The molecule has 1 amide bonds. The maximum Gasteiger partial charge on any atom is 0.237 e. The smallest absolute Gasteiger partial charge is 0.237 e. The van der Waals surface area contributed by atoms with Crippen molar-refractivity contribution in [2.24, 2.45) is 5.73 Å². The Morgan fingerprint density at radius 2 is 2.33 bits per heavy atom. The van der Waals surface area contributed by atoms with Gasteiger partial charge in [0.05, 0.1) is 23.7 Å². The summed E-state index contributed by atoms with van der Waals surface area (Å²) in [6.07, 6.45) is 0.629. The molecule has 4 N–H and O–H groups in total. The highest BCUT2D eigenvalue weighted by Crippen LogP contribution is 2.24. The third-order valence-electron chi connectivity index (χ3n) is 3.60. The molecule has 0 radical (unpaired) electrons. The van der Waals surface area contributed by atoms with Crippen molar-refractivity contribution in [3.05, 3.63) is 18.2 Å². The summed E-state index contributed by atoms with van der Waals surface area (Å²) in [5, 5.41) is 3.79. The van der Waals surface area contributed by atoms with E-state index in [4.69, 9.17) is 10.5 Å². The number of primary amides is 1. The highest BCUT2D eigenvalue weighted by Gasteiger charge is 2.28. The number of hydrogen-bond acceptors (Lipinski definition) is 5. The van der Waals surface area contributed by atoms with Crippen LogP contribution in [0.4, 0.5) is 0 Å². The van der Waals surface area contributed by atoms with Crippen molar-refractivity contribution in [1.29, 1.82) is 0 Å². The predicted octanol–water partition coefficient (Wildman–Crippen LogP) is 1.52. The van der Waals surface area contributed by atoms with Crippen molar-refractivity contribution in [1.82, 2.24) is 15.3 Å². The van der Waals surface area contributed by atoms with Crippen molar-refractivity contribution in [2.75, 3.05) is 19.9 Å². The highest BCUT2D eigenvalue weighted by atomic mass is 32.2. The zero-order chi connectivity index (χ0) is 15.5. The average molecular weight is 308 g/mol. The number of benzene rings is 1. The monoisotopic (exact) mass is 308 g/mol. The van der Waals surface area contributed by atoms with Gasteiger partial charge in [-0.25, -0.2) is 4.98 Å². The number of ether oxygens (including phenoxy) is 1. The van der Waals surface area contributed by atoms with E-state index in [0.29, 0.717) is 6.42 Å². The van der Waals surface area contributed by atoms with Gasteiger partial charge in [-0.3, -0.25) is 4.79 Å².